The Morgan fingerprint density at radius 3 is 3.24 bits per heavy atom. The predicted octanol–water partition coefficient (Wildman–Crippen LogP) is 1.17. The van der Waals surface area contributed by atoms with Crippen molar-refractivity contribution in [3.05, 3.63) is 18.2 Å². The number of carbonyl (C=O) groups is 1. The van der Waals surface area contributed by atoms with E-state index < -0.39 is 0 Å². The molecule has 6 nitrogen and oxygen atoms in total. The van der Waals surface area contributed by atoms with Gasteiger partial charge in [-0.2, -0.15) is 8.75 Å². The number of aromatic nitrogens is 2. The lowest BCUT2D eigenvalue weighted by Gasteiger charge is -2.15. The van der Waals surface area contributed by atoms with Crippen LogP contribution in [0.3, 0.4) is 0 Å². The summed E-state index contributed by atoms with van der Waals surface area (Å²) in [7, 11) is 1.97. The number of rotatable bonds is 5. The highest BCUT2D eigenvalue weighted by Crippen LogP contribution is 2.21. The van der Waals surface area contributed by atoms with E-state index in [0.29, 0.717) is 12.5 Å². The first-order chi connectivity index (χ1) is 10.3. The maximum Gasteiger partial charge on any atom is 0.238 e. The molecule has 1 fully saturated rings. The molecule has 3 rings (SSSR count). The number of carbonyl (C=O) groups excluding carboxylic acids is 1. The molecular formula is C14H19N5OS. The molecule has 0 bridgehead atoms. The summed E-state index contributed by atoms with van der Waals surface area (Å²) in [5.41, 5.74) is 2.34. The third kappa shape index (κ3) is 3.37. The SMILES string of the molecule is CNCC1CCN(CC(=O)Nc2cccc3nsnc23)C1. The molecule has 1 atom stereocenters. The Morgan fingerprint density at radius 2 is 2.38 bits per heavy atom. The first-order valence-corrected chi connectivity index (χ1v) is 7.87. The first kappa shape index (κ1) is 14.4. The molecule has 0 saturated carbocycles. The lowest BCUT2D eigenvalue weighted by molar-refractivity contribution is -0.117. The normalized spacial score (nSPS) is 19.2. The van der Waals surface area contributed by atoms with Crippen molar-refractivity contribution in [1.82, 2.24) is 19.0 Å². The van der Waals surface area contributed by atoms with Crippen molar-refractivity contribution in [1.29, 1.82) is 0 Å². The van der Waals surface area contributed by atoms with E-state index in [4.69, 9.17) is 0 Å². The van der Waals surface area contributed by atoms with Crippen molar-refractivity contribution < 1.29 is 4.79 Å². The van der Waals surface area contributed by atoms with Crippen molar-refractivity contribution in [2.75, 3.05) is 38.5 Å². The molecule has 1 aliphatic rings. The number of benzene rings is 1. The molecule has 1 saturated heterocycles. The van der Waals surface area contributed by atoms with Crippen molar-refractivity contribution in [2.45, 2.75) is 6.42 Å². The zero-order chi connectivity index (χ0) is 14.7. The molecule has 1 unspecified atom stereocenters. The number of nitrogens with one attached hydrogen (secondary N) is 2. The number of hydrogen-bond donors (Lipinski definition) is 2. The van der Waals surface area contributed by atoms with Gasteiger partial charge in [0.2, 0.25) is 5.91 Å². The number of nitrogens with zero attached hydrogens (tertiary/aromatic N) is 3. The van der Waals surface area contributed by atoms with Crippen LogP contribution in [0.4, 0.5) is 5.69 Å². The van der Waals surface area contributed by atoms with E-state index >= 15 is 0 Å². The van der Waals surface area contributed by atoms with Crippen LogP contribution >= 0.6 is 11.7 Å². The molecule has 2 N–H and O–H groups in total. The third-order valence-electron chi connectivity index (χ3n) is 3.79. The molecule has 2 aromatic rings. The summed E-state index contributed by atoms with van der Waals surface area (Å²) in [5.74, 6) is 0.662. The fraction of sp³-hybridized carbons (Fsp3) is 0.500. The molecular weight excluding hydrogens is 286 g/mol. The van der Waals surface area contributed by atoms with Crippen LogP contribution in [0.1, 0.15) is 6.42 Å². The minimum Gasteiger partial charge on any atom is -0.323 e. The second-order valence-corrected chi connectivity index (χ2v) is 5.96. The quantitative estimate of drug-likeness (QED) is 0.868. The van der Waals surface area contributed by atoms with E-state index in [1.807, 2.05) is 25.2 Å². The van der Waals surface area contributed by atoms with Gasteiger partial charge < -0.3 is 10.6 Å². The highest BCUT2D eigenvalue weighted by Gasteiger charge is 2.23. The number of fused-ring (bicyclic) bond motifs is 1. The average Bonchev–Trinajstić information content (AvgIpc) is 3.09. The zero-order valence-corrected chi connectivity index (χ0v) is 12.8. The second-order valence-electron chi connectivity index (χ2n) is 5.43. The van der Waals surface area contributed by atoms with Gasteiger partial charge in [-0.3, -0.25) is 9.69 Å². The molecule has 1 amide bonds. The topological polar surface area (TPSA) is 70.2 Å². The molecule has 1 aliphatic heterocycles. The van der Waals surface area contributed by atoms with Crippen LogP contribution in [-0.4, -0.2) is 52.8 Å². The molecule has 0 aliphatic carbocycles. The maximum atomic E-state index is 12.2. The third-order valence-corrected chi connectivity index (χ3v) is 4.33. The van der Waals surface area contributed by atoms with E-state index in [-0.39, 0.29) is 5.91 Å². The molecule has 1 aromatic heterocycles. The van der Waals surface area contributed by atoms with Crippen molar-refractivity contribution in [3.63, 3.8) is 0 Å². The Morgan fingerprint density at radius 1 is 1.48 bits per heavy atom. The van der Waals surface area contributed by atoms with Gasteiger partial charge in [0, 0.05) is 6.54 Å². The number of likely N-dealkylation sites (tertiary alicyclic amines) is 1. The smallest absolute Gasteiger partial charge is 0.238 e. The number of hydrogen-bond acceptors (Lipinski definition) is 6. The molecule has 1 aromatic carbocycles. The summed E-state index contributed by atoms with van der Waals surface area (Å²) in [6.45, 7) is 3.43. The van der Waals surface area contributed by atoms with Gasteiger partial charge in [-0.05, 0) is 44.6 Å². The largest absolute Gasteiger partial charge is 0.323 e. The fourth-order valence-corrected chi connectivity index (χ4v) is 3.36. The van der Waals surface area contributed by atoms with E-state index in [0.717, 1.165) is 54.5 Å². The number of amides is 1. The van der Waals surface area contributed by atoms with Crippen LogP contribution < -0.4 is 10.6 Å². The highest BCUT2D eigenvalue weighted by atomic mass is 32.1. The van der Waals surface area contributed by atoms with Crippen LogP contribution in [0.5, 0.6) is 0 Å². The van der Waals surface area contributed by atoms with Crippen molar-refractivity contribution in [2.24, 2.45) is 5.92 Å². The molecule has 112 valence electrons. The lowest BCUT2D eigenvalue weighted by Crippen LogP contribution is -2.32. The van der Waals surface area contributed by atoms with Gasteiger partial charge in [0.25, 0.3) is 0 Å². The van der Waals surface area contributed by atoms with Gasteiger partial charge in [-0.25, -0.2) is 0 Å². The van der Waals surface area contributed by atoms with Gasteiger partial charge in [-0.1, -0.05) is 6.07 Å². The van der Waals surface area contributed by atoms with Gasteiger partial charge in [0.1, 0.15) is 11.0 Å². The Bertz CT molecular complexity index is 629. The van der Waals surface area contributed by atoms with Gasteiger partial charge in [0.05, 0.1) is 24.0 Å². The standard InChI is InChI=1S/C14H19N5OS/c1-15-7-10-5-6-19(8-10)9-13(20)16-11-3-2-4-12-14(11)18-21-17-12/h2-4,10,15H,5-9H2,1H3,(H,16,20). The van der Waals surface area contributed by atoms with Gasteiger partial charge in [-0.15, -0.1) is 0 Å². The van der Waals surface area contributed by atoms with Gasteiger partial charge in [0.15, 0.2) is 0 Å². The Labute approximate surface area is 127 Å². The minimum absolute atomic E-state index is 0.0145. The average molecular weight is 305 g/mol. The van der Waals surface area contributed by atoms with Crippen LogP contribution in [-0.2, 0) is 4.79 Å². The summed E-state index contributed by atoms with van der Waals surface area (Å²) in [5, 5.41) is 6.15. The lowest BCUT2D eigenvalue weighted by atomic mass is 10.1. The van der Waals surface area contributed by atoms with E-state index in [1.54, 1.807) is 0 Å². The predicted molar refractivity (Wildman–Crippen MR) is 84.5 cm³/mol. The molecule has 0 radical (unpaired) electrons. The van der Waals surface area contributed by atoms with E-state index in [2.05, 4.69) is 24.3 Å². The monoisotopic (exact) mass is 305 g/mol. The molecule has 2 heterocycles. The molecule has 7 heteroatoms. The van der Waals surface area contributed by atoms with Crippen LogP contribution in [0.2, 0.25) is 0 Å². The van der Waals surface area contributed by atoms with E-state index in [1.165, 1.54) is 0 Å². The minimum atomic E-state index is 0.0145. The molecule has 0 spiro atoms. The Kier molecular flexibility index (Phi) is 4.42. The summed E-state index contributed by atoms with van der Waals surface area (Å²) < 4.78 is 8.42. The van der Waals surface area contributed by atoms with Crippen LogP contribution in [0.25, 0.3) is 11.0 Å². The summed E-state index contributed by atoms with van der Waals surface area (Å²) >= 11 is 1.16. The Hall–Kier alpha value is -1.57. The maximum absolute atomic E-state index is 12.2. The number of anilines is 1. The summed E-state index contributed by atoms with van der Waals surface area (Å²) in [6.07, 6.45) is 1.15. The Balaban J connectivity index is 1.58. The van der Waals surface area contributed by atoms with Gasteiger partial charge >= 0.3 is 0 Å². The summed E-state index contributed by atoms with van der Waals surface area (Å²) in [4.78, 5) is 14.4. The van der Waals surface area contributed by atoms with Crippen molar-refractivity contribution in [3.8, 4) is 0 Å². The zero-order valence-electron chi connectivity index (χ0n) is 12.0. The first-order valence-electron chi connectivity index (χ1n) is 7.14. The van der Waals surface area contributed by atoms with Crippen molar-refractivity contribution >= 4 is 34.4 Å². The highest BCUT2D eigenvalue weighted by molar-refractivity contribution is 7.00. The second kappa shape index (κ2) is 6.46. The van der Waals surface area contributed by atoms with E-state index in [9.17, 15) is 4.79 Å². The van der Waals surface area contributed by atoms with Crippen LogP contribution in [0, 0.1) is 5.92 Å². The van der Waals surface area contributed by atoms with Crippen LogP contribution in [0.15, 0.2) is 18.2 Å². The summed E-state index contributed by atoms with van der Waals surface area (Å²) in [6, 6.07) is 5.66. The fourth-order valence-electron chi connectivity index (χ4n) is 2.81. The molecule has 21 heavy (non-hydrogen) atoms.